The van der Waals surface area contributed by atoms with Crippen molar-refractivity contribution in [3.8, 4) is 34.5 Å². The molecule has 0 amide bonds. The smallest absolute Gasteiger partial charge is 0.202 e. The van der Waals surface area contributed by atoms with Crippen LogP contribution in [0, 0.1) is 0 Å². The summed E-state index contributed by atoms with van der Waals surface area (Å²) < 4.78 is 24.5. The second-order valence-electron chi connectivity index (χ2n) is 20.2. The Hall–Kier alpha value is -6.12. The Balaban J connectivity index is 0.00000383. The summed E-state index contributed by atoms with van der Waals surface area (Å²) >= 11 is 0. The van der Waals surface area contributed by atoms with Crippen LogP contribution in [0.15, 0.2) is 46.6 Å². The molecule has 406 valence electrons. The Bertz CT molecular complexity index is 2970. The lowest BCUT2D eigenvalue weighted by Gasteiger charge is -2.43. The van der Waals surface area contributed by atoms with Crippen LogP contribution in [0.5, 0.6) is 34.5 Å². The number of rotatable bonds is 7. The molecule has 2 fully saturated rings. The number of carbonyl (C=O) groups is 4. The molecule has 2 heterocycles. The quantitative estimate of drug-likeness (QED) is 0.0621. The Morgan fingerprint density at radius 3 is 1.25 bits per heavy atom. The minimum atomic E-state index is -2.16. The fraction of sp³-hybridized carbons (Fsp3) is 0.423. The summed E-state index contributed by atoms with van der Waals surface area (Å²) in [6, 6.07) is 5.90. The molecule has 2 aliphatic heterocycles. The van der Waals surface area contributed by atoms with Gasteiger partial charge in [0, 0.05) is 84.0 Å². The van der Waals surface area contributed by atoms with Crippen molar-refractivity contribution in [2.45, 2.75) is 139 Å². The van der Waals surface area contributed by atoms with E-state index in [2.05, 4.69) is 10.2 Å². The number of hydrogen-bond acceptors (Lipinski definition) is 22. The van der Waals surface area contributed by atoms with Crippen LogP contribution in [0.2, 0.25) is 0 Å². The first kappa shape index (κ1) is 56.1. The number of phenols is 6. The van der Waals surface area contributed by atoms with Crippen molar-refractivity contribution in [2.24, 2.45) is 21.7 Å². The SMILES string of the molecule is CC(=NN=C(C)C1(O)Cc2c(O)c3c(c(O)c2C(OC2CC(N)C(O)C(C)O2)C1)C(=O)c1c(O)cccc1C3=O)C1(O)Cc2c(O)c3c(c(O)c2C(OC2CC(N)C(O)C(C)O2)C1)C(=O)c1c(O)cccc1C3=O.Cl.Cl. The summed E-state index contributed by atoms with van der Waals surface area (Å²) in [5.74, 6) is -7.91. The van der Waals surface area contributed by atoms with Crippen LogP contribution < -0.4 is 11.5 Å². The number of hydrogen-bond donors (Lipinski definition) is 12. The van der Waals surface area contributed by atoms with E-state index in [-0.39, 0.29) is 82.5 Å². The van der Waals surface area contributed by atoms with Crippen molar-refractivity contribution in [3.05, 3.63) is 103 Å². The highest BCUT2D eigenvalue weighted by atomic mass is 35.5. The van der Waals surface area contributed by atoms with Crippen LogP contribution in [0.4, 0.5) is 0 Å². The van der Waals surface area contributed by atoms with Gasteiger partial charge in [-0.3, -0.25) is 19.2 Å². The molecular weight excluding hydrogens is 1040 g/mol. The molecule has 4 aromatic rings. The molecule has 0 spiro atoms. The van der Waals surface area contributed by atoms with Gasteiger partial charge in [-0.25, -0.2) is 0 Å². The van der Waals surface area contributed by atoms with E-state index in [1.807, 2.05) is 0 Å². The van der Waals surface area contributed by atoms with E-state index in [1.54, 1.807) is 13.8 Å². The van der Waals surface area contributed by atoms with Crippen LogP contribution >= 0.6 is 24.8 Å². The van der Waals surface area contributed by atoms with Gasteiger partial charge in [-0.15, -0.1) is 24.8 Å². The van der Waals surface area contributed by atoms with E-state index in [0.717, 1.165) is 0 Å². The van der Waals surface area contributed by atoms with Gasteiger partial charge in [-0.2, -0.15) is 10.2 Å². The first-order valence-electron chi connectivity index (χ1n) is 23.9. The molecule has 4 aliphatic carbocycles. The molecule has 12 atom stereocenters. The number of halogens is 2. The molecule has 24 heteroatoms. The lowest BCUT2D eigenvalue weighted by Crippen LogP contribution is -2.52. The summed E-state index contributed by atoms with van der Waals surface area (Å²) in [5, 5.41) is 124. The molecule has 0 aromatic heterocycles. The number of ketones is 4. The van der Waals surface area contributed by atoms with Gasteiger partial charge >= 0.3 is 0 Å². The number of nitrogens with zero attached hydrogens (tertiary/aromatic N) is 2. The molecule has 14 N–H and O–H groups in total. The highest BCUT2D eigenvalue weighted by molar-refractivity contribution is 6.32. The third kappa shape index (κ3) is 8.69. The number of nitrogens with two attached hydrogens (primary N) is 2. The molecule has 0 bridgehead atoms. The molecule has 76 heavy (non-hydrogen) atoms. The van der Waals surface area contributed by atoms with E-state index < -0.39 is 189 Å². The largest absolute Gasteiger partial charge is 0.507 e. The number of aromatic hydroxyl groups is 6. The van der Waals surface area contributed by atoms with Crippen molar-refractivity contribution < 1.29 is 89.2 Å². The molecule has 4 aromatic carbocycles. The van der Waals surface area contributed by atoms with Crippen molar-refractivity contribution in [2.75, 3.05) is 0 Å². The minimum Gasteiger partial charge on any atom is -0.507 e. The Morgan fingerprint density at radius 1 is 0.566 bits per heavy atom. The first-order chi connectivity index (χ1) is 34.9. The van der Waals surface area contributed by atoms with E-state index in [0.29, 0.717) is 0 Å². The number of aliphatic hydroxyl groups excluding tert-OH is 2. The minimum absolute atomic E-state index is 0. The normalized spacial score (nSPS) is 30.9. The summed E-state index contributed by atoms with van der Waals surface area (Å²) in [5.41, 5.74) is 3.30. The lowest BCUT2D eigenvalue weighted by molar-refractivity contribution is -0.246. The zero-order chi connectivity index (χ0) is 53.4. The van der Waals surface area contributed by atoms with E-state index in [9.17, 15) is 70.2 Å². The van der Waals surface area contributed by atoms with E-state index >= 15 is 0 Å². The maximum absolute atomic E-state index is 14.0. The van der Waals surface area contributed by atoms with E-state index in [1.165, 1.54) is 50.2 Å². The second kappa shape index (κ2) is 20.0. The molecule has 0 saturated carbocycles. The number of aliphatic hydroxyl groups is 4. The fourth-order valence-electron chi connectivity index (χ4n) is 11.4. The van der Waals surface area contributed by atoms with Crippen molar-refractivity contribution >= 4 is 59.4 Å². The average molecular weight is 1100 g/mol. The third-order valence-electron chi connectivity index (χ3n) is 15.6. The van der Waals surface area contributed by atoms with Crippen molar-refractivity contribution in [1.29, 1.82) is 0 Å². The summed E-state index contributed by atoms with van der Waals surface area (Å²) in [4.78, 5) is 56.1. The van der Waals surface area contributed by atoms with Crippen LogP contribution in [0.1, 0.15) is 152 Å². The van der Waals surface area contributed by atoms with Gasteiger partial charge in [0.1, 0.15) is 45.7 Å². The molecule has 10 rings (SSSR count). The predicted molar refractivity (Wildman–Crippen MR) is 270 cm³/mol. The summed E-state index contributed by atoms with van der Waals surface area (Å²) in [6.45, 7) is 5.84. The highest BCUT2D eigenvalue weighted by Gasteiger charge is 2.52. The van der Waals surface area contributed by atoms with Gasteiger partial charge in [0.2, 0.25) is 11.6 Å². The van der Waals surface area contributed by atoms with Crippen LogP contribution in [0.25, 0.3) is 0 Å². The van der Waals surface area contributed by atoms with Crippen molar-refractivity contribution in [3.63, 3.8) is 0 Å². The number of carbonyl (C=O) groups excluding carboxylic acids is 4. The van der Waals surface area contributed by atoms with Crippen LogP contribution in [-0.4, -0.2) is 146 Å². The number of fused-ring (bicyclic) bond motifs is 6. The first-order valence-corrected chi connectivity index (χ1v) is 23.9. The van der Waals surface area contributed by atoms with Gasteiger partial charge in [0.15, 0.2) is 24.1 Å². The Morgan fingerprint density at radius 2 is 0.908 bits per heavy atom. The predicted octanol–water partition coefficient (Wildman–Crippen LogP) is 2.97. The zero-order valence-electron chi connectivity index (χ0n) is 41.1. The van der Waals surface area contributed by atoms with Crippen LogP contribution in [0.3, 0.4) is 0 Å². The van der Waals surface area contributed by atoms with E-state index in [4.69, 9.17) is 30.4 Å². The van der Waals surface area contributed by atoms with Gasteiger partial charge < -0.3 is 81.5 Å². The van der Waals surface area contributed by atoms with Gasteiger partial charge in [0.25, 0.3) is 0 Å². The topological polar surface area (TPSA) is 384 Å². The number of benzene rings is 4. The fourth-order valence-corrected chi connectivity index (χ4v) is 11.4. The molecular formula is C52H56Cl2N4O18. The highest BCUT2D eigenvalue weighted by Crippen LogP contribution is 2.55. The molecule has 0 radical (unpaired) electrons. The zero-order valence-corrected chi connectivity index (χ0v) is 42.7. The number of ether oxygens (including phenoxy) is 4. The second-order valence-corrected chi connectivity index (χ2v) is 20.2. The average Bonchev–Trinajstić information content (AvgIpc) is 3.34. The Kier molecular flexibility index (Phi) is 14.8. The summed E-state index contributed by atoms with van der Waals surface area (Å²) in [7, 11) is 0. The maximum Gasteiger partial charge on any atom is 0.202 e. The van der Waals surface area contributed by atoms with Crippen LogP contribution in [-0.2, 0) is 31.8 Å². The monoisotopic (exact) mass is 1090 g/mol. The van der Waals surface area contributed by atoms with Gasteiger partial charge in [-0.05, 0) is 39.8 Å². The molecule has 6 aliphatic rings. The molecule has 22 nitrogen and oxygen atoms in total. The van der Waals surface area contributed by atoms with Gasteiger partial charge in [-0.1, -0.05) is 24.3 Å². The molecule has 12 unspecified atom stereocenters. The van der Waals surface area contributed by atoms with Gasteiger partial charge in [0.05, 0.1) is 81.4 Å². The Labute approximate surface area is 445 Å². The van der Waals surface area contributed by atoms with Crippen molar-refractivity contribution in [1.82, 2.24) is 0 Å². The maximum atomic E-state index is 14.0. The standard InChI is InChI=1S/C52H54N4O18.2ClH/c1-17-41(59)25(53)11-31(71-17)73-29-15-51(69,13-23-35(29)49(67)39-37(45(23)63)43(61)21-7-5-9-27(57)33(21)47(39)65)19(3)55-56-20(4)52(70)14-24-36(30(16-52)74-32-12-26(54)42(60)18(2)72-32)50(68)40-38(46(24)64)44(62)22-8-6-10-28(58)34(22)48(40)66;;/h5-10,17-18,25-26,29-32,41-42,57-60,63-64,67-70H,11-16,53-54H2,1-4H3;2*1H. The third-order valence-corrected chi connectivity index (χ3v) is 15.6. The summed E-state index contributed by atoms with van der Waals surface area (Å²) in [6.07, 6.45) is -11.3. The lowest BCUT2D eigenvalue weighted by atomic mass is 9.71. The molecule has 2 saturated heterocycles. The number of phenolic OH excluding ortho intramolecular Hbond substituents is 6.